The van der Waals surface area contributed by atoms with Crippen molar-refractivity contribution in [3.63, 3.8) is 0 Å². The molecule has 0 spiro atoms. The van der Waals surface area contributed by atoms with Gasteiger partial charge in [0.25, 0.3) is 0 Å². The monoisotopic (exact) mass is 295 g/mol. The van der Waals surface area contributed by atoms with Gasteiger partial charge in [-0.2, -0.15) is 13.2 Å². The van der Waals surface area contributed by atoms with Gasteiger partial charge in [0, 0.05) is 18.6 Å². The quantitative estimate of drug-likeness (QED) is 0.778. The minimum absolute atomic E-state index is 0.00241. The van der Waals surface area contributed by atoms with Crippen molar-refractivity contribution in [1.82, 2.24) is 4.90 Å². The highest BCUT2D eigenvalue weighted by atomic mass is 19.4. The Labute approximate surface area is 118 Å². The van der Waals surface area contributed by atoms with Gasteiger partial charge in [-0.1, -0.05) is 13.3 Å². The van der Waals surface area contributed by atoms with Gasteiger partial charge in [-0.25, -0.2) is 0 Å². The smallest absolute Gasteiger partial charge is 0.378 e. The SMILES string of the molecule is CCC[C@@H]1C[C@@H](C(=O)N(CC(F)(F)F)C(C)C)CCO1. The van der Waals surface area contributed by atoms with Crippen molar-refractivity contribution in [2.24, 2.45) is 5.92 Å². The lowest BCUT2D eigenvalue weighted by Gasteiger charge is -2.35. The van der Waals surface area contributed by atoms with Crippen LogP contribution in [0.2, 0.25) is 0 Å². The molecule has 2 atom stereocenters. The number of rotatable bonds is 5. The molecule has 0 aromatic heterocycles. The van der Waals surface area contributed by atoms with Crippen LogP contribution >= 0.6 is 0 Å². The van der Waals surface area contributed by atoms with Gasteiger partial charge < -0.3 is 9.64 Å². The fraction of sp³-hybridized carbons (Fsp3) is 0.929. The molecule has 0 aliphatic carbocycles. The molecule has 1 heterocycles. The zero-order valence-electron chi connectivity index (χ0n) is 12.4. The van der Waals surface area contributed by atoms with E-state index >= 15 is 0 Å². The summed E-state index contributed by atoms with van der Waals surface area (Å²) in [5.74, 6) is -0.730. The molecule has 3 nitrogen and oxygen atoms in total. The number of ether oxygens (including phenoxy) is 1. The number of amides is 1. The van der Waals surface area contributed by atoms with E-state index in [0.29, 0.717) is 19.4 Å². The Morgan fingerprint density at radius 2 is 2.05 bits per heavy atom. The molecule has 1 rings (SSSR count). The van der Waals surface area contributed by atoms with Gasteiger partial charge in [-0.05, 0) is 33.1 Å². The molecule has 1 saturated heterocycles. The van der Waals surface area contributed by atoms with Crippen molar-refractivity contribution >= 4 is 5.91 Å². The molecule has 20 heavy (non-hydrogen) atoms. The molecule has 0 unspecified atom stereocenters. The van der Waals surface area contributed by atoms with Crippen molar-refractivity contribution in [3.8, 4) is 0 Å². The average molecular weight is 295 g/mol. The van der Waals surface area contributed by atoms with E-state index < -0.39 is 18.8 Å². The predicted molar refractivity (Wildman–Crippen MR) is 70.3 cm³/mol. The van der Waals surface area contributed by atoms with Gasteiger partial charge in [0.2, 0.25) is 5.91 Å². The maximum atomic E-state index is 12.6. The van der Waals surface area contributed by atoms with Crippen LogP contribution in [0.15, 0.2) is 0 Å². The Bertz CT molecular complexity index is 316. The number of hydrogen-bond donors (Lipinski definition) is 0. The zero-order chi connectivity index (χ0) is 15.3. The van der Waals surface area contributed by atoms with Gasteiger partial charge in [0.15, 0.2) is 0 Å². The van der Waals surface area contributed by atoms with E-state index in [4.69, 9.17) is 4.74 Å². The summed E-state index contributed by atoms with van der Waals surface area (Å²) in [4.78, 5) is 13.3. The molecule has 1 amide bonds. The molecule has 0 radical (unpaired) electrons. The third-order valence-electron chi connectivity index (χ3n) is 3.58. The van der Waals surface area contributed by atoms with E-state index in [-0.39, 0.29) is 17.9 Å². The highest BCUT2D eigenvalue weighted by Crippen LogP contribution is 2.27. The maximum absolute atomic E-state index is 12.6. The van der Waals surface area contributed by atoms with Crippen molar-refractivity contribution in [2.45, 2.75) is 64.8 Å². The van der Waals surface area contributed by atoms with Crippen molar-refractivity contribution in [3.05, 3.63) is 0 Å². The first kappa shape index (κ1) is 17.3. The largest absolute Gasteiger partial charge is 0.406 e. The molecular formula is C14H24F3NO2. The van der Waals surface area contributed by atoms with E-state index in [1.54, 1.807) is 13.8 Å². The van der Waals surface area contributed by atoms with E-state index in [9.17, 15) is 18.0 Å². The molecule has 0 aromatic rings. The second-order valence-corrected chi connectivity index (χ2v) is 5.68. The first-order chi connectivity index (χ1) is 9.24. The molecule has 6 heteroatoms. The Hall–Kier alpha value is -0.780. The molecule has 1 aliphatic heterocycles. The lowest BCUT2D eigenvalue weighted by molar-refractivity contribution is -0.169. The standard InChI is InChI=1S/C14H24F3NO2/c1-4-5-12-8-11(6-7-20-12)13(19)18(10(2)3)9-14(15,16)17/h10-12H,4-9H2,1-3H3/t11-,12+/m0/s1. The second-order valence-electron chi connectivity index (χ2n) is 5.68. The van der Waals surface area contributed by atoms with Crippen molar-refractivity contribution in [2.75, 3.05) is 13.2 Å². The van der Waals surface area contributed by atoms with Crippen LogP contribution < -0.4 is 0 Å². The molecule has 1 fully saturated rings. The highest BCUT2D eigenvalue weighted by molar-refractivity contribution is 5.79. The lowest BCUT2D eigenvalue weighted by atomic mass is 9.92. The number of hydrogen-bond acceptors (Lipinski definition) is 2. The van der Waals surface area contributed by atoms with Crippen LogP contribution in [0.3, 0.4) is 0 Å². The molecule has 0 bridgehead atoms. The van der Waals surface area contributed by atoms with Crippen molar-refractivity contribution < 1.29 is 22.7 Å². The van der Waals surface area contributed by atoms with Gasteiger partial charge in [-0.3, -0.25) is 4.79 Å². The number of halogens is 3. The van der Waals surface area contributed by atoms with Crippen LogP contribution in [0.4, 0.5) is 13.2 Å². The third-order valence-corrected chi connectivity index (χ3v) is 3.58. The van der Waals surface area contributed by atoms with Crippen LogP contribution in [0.1, 0.15) is 46.5 Å². The normalized spacial score (nSPS) is 23.9. The number of carbonyl (C=O) groups excluding carboxylic acids is 1. The number of nitrogens with zero attached hydrogens (tertiary/aromatic N) is 1. The topological polar surface area (TPSA) is 29.5 Å². The van der Waals surface area contributed by atoms with Gasteiger partial charge >= 0.3 is 6.18 Å². The molecule has 118 valence electrons. The molecule has 0 N–H and O–H groups in total. The average Bonchev–Trinajstić information content (AvgIpc) is 2.34. The number of alkyl halides is 3. The van der Waals surface area contributed by atoms with Crippen LogP contribution in [0.5, 0.6) is 0 Å². The van der Waals surface area contributed by atoms with Crippen LogP contribution in [-0.4, -0.2) is 42.3 Å². The second kappa shape index (κ2) is 7.29. The van der Waals surface area contributed by atoms with E-state index in [1.807, 2.05) is 6.92 Å². The fourth-order valence-corrected chi connectivity index (χ4v) is 2.57. The predicted octanol–water partition coefficient (Wildman–Crippen LogP) is 3.38. The summed E-state index contributed by atoms with van der Waals surface area (Å²) >= 11 is 0. The Morgan fingerprint density at radius 3 is 2.55 bits per heavy atom. The molecule has 1 aliphatic rings. The summed E-state index contributed by atoms with van der Waals surface area (Å²) in [6, 6.07) is -0.448. The summed E-state index contributed by atoms with van der Waals surface area (Å²) in [7, 11) is 0. The Balaban J connectivity index is 2.69. The Morgan fingerprint density at radius 1 is 1.40 bits per heavy atom. The summed E-state index contributed by atoms with van der Waals surface area (Å²) in [6.07, 6.45) is -1.50. The zero-order valence-corrected chi connectivity index (χ0v) is 12.4. The van der Waals surface area contributed by atoms with Gasteiger partial charge in [0.1, 0.15) is 6.54 Å². The molecular weight excluding hydrogens is 271 g/mol. The van der Waals surface area contributed by atoms with Crippen molar-refractivity contribution in [1.29, 1.82) is 0 Å². The number of carbonyl (C=O) groups is 1. The van der Waals surface area contributed by atoms with Crippen LogP contribution in [0, 0.1) is 5.92 Å². The first-order valence-corrected chi connectivity index (χ1v) is 7.23. The third kappa shape index (κ3) is 5.31. The van der Waals surface area contributed by atoms with Gasteiger partial charge in [0.05, 0.1) is 6.10 Å². The molecule has 0 saturated carbocycles. The van der Waals surface area contributed by atoms with Crippen LogP contribution in [0.25, 0.3) is 0 Å². The highest BCUT2D eigenvalue weighted by Gasteiger charge is 2.38. The Kier molecular flexibility index (Phi) is 6.30. The van der Waals surface area contributed by atoms with Gasteiger partial charge in [-0.15, -0.1) is 0 Å². The minimum Gasteiger partial charge on any atom is -0.378 e. The van der Waals surface area contributed by atoms with E-state index in [0.717, 1.165) is 17.7 Å². The summed E-state index contributed by atoms with van der Waals surface area (Å²) in [6.45, 7) is 4.55. The maximum Gasteiger partial charge on any atom is 0.406 e. The fourth-order valence-electron chi connectivity index (χ4n) is 2.57. The minimum atomic E-state index is -4.35. The summed E-state index contributed by atoms with van der Waals surface area (Å²) in [5, 5.41) is 0. The van der Waals surface area contributed by atoms with E-state index in [1.165, 1.54) is 0 Å². The van der Waals surface area contributed by atoms with E-state index in [2.05, 4.69) is 0 Å². The molecule has 0 aromatic carbocycles. The summed E-state index contributed by atoms with van der Waals surface area (Å²) < 4.78 is 43.3. The summed E-state index contributed by atoms with van der Waals surface area (Å²) in [5.41, 5.74) is 0. The van der Waals surface area contributed by atoms with Crippen LogP contribution in [-0.2, 0) is 9.53 Å². The lowest BCUT2D eigenvalue weighted by Crippen LogP contribution is -2.47. The first-order valence-electron chi connectivity index (χ1n) is 7.23.